The van der Waals surface area contributed by atoms with E-state index in [-0.39, 0.29) is 11.3 Å². The zero-order valence-corrected chi connectivity index (χ0v) is 8.39. The molecule has 0 radical (unpaired) electrons. The lowest BCUT2D eigenvalue weighted by molar-refractivity contribution is -0.122. The van der Waals surface area contributed by atoms with E-state index in [1.807, 2.05) is 0 Å². The second kappa shape index (κ2) is 5.02. The van der Waals surface area contributed by atoms with Crippen LogP contribution < -0.4 is 10.3 Å². The van der Waals surface area contributed by atoms with Crippen molar-refractivity contribution < 1.29 is 23.5 Å². The number of rotatable bonds is 4. The predicted molar refractivity (Wildman–Crippen MR) is 51.5 cm³/mol. The molecule has 1 unspecified atom stereocenters. The van der Waals surface area contributed by atoms with Crippen molar-refractivity contribution in [3.8, 4) is 5.75 Å². The van der Waals surface area contributed by atoms with Crippen molar-refractivity contribution in [1.29, 1.82) is 0 Å². The highest BCUT2D eigenvalue weighted by molar-refractivity contribution is 7.39. The molecule has 0 aliphatic carbocycles. The number of para-hydroxylation sites is 1. The van der Waals surface area contributed by atoms with Gasteiger partial charge in [0.15, 0.2) is 0 Å². The van der Waals surface area contributed by atoms with Crippen LogP contribution in [0.3, 0.4) is 0 Å². The Balaban J connectivity index is 3.00. The molecule has 0 aliphatic rings. The number of nitrogens with two attached hydrogens (primary N) is 1. The van der Waals surface area contributed by atoms with E-state index >= 15 is 0 Å². The van der Waals surface area contributed by atoms with Crippen LogP contribution in [0, 0.1) is 0 Å². The van der Waals surface area contributed by atoms with Gasteiger partial charge in [0.2, 0.25) is 6.17 Å². The molecule has 0 spiro atoms. The largest absolute Gasteiger partial charge is 0.427 e. The van der Waals surface area contributed by atoms with Crippen molar-refractivity contribution in [3.05, 3.63) is 29.8 Å². The van der Waals surface area contributed by atoms with Gasteiger partial charge >= 0.3 is 8.60 Å². The summed E-state index contributed by atoms with van der Waals surface area (Å²) in [6.07, 6.45) is -2.03. The number of halogens is 1. The monoisotopic (exact) mass is 233 g/mol. The Hall–Kier alpha value is -1.23. The van der Waals surface area contributed by atoms with Crippen molar-refractivity contribution in [2.45, 2.75) is 6.17 Å². The van der Waals surface area contributed by atoms with E-state index < -0.39 is 20.7 Å². The summed E-state index contributed by atoms with van der Waals surface area (Å²) in [5, 5.41) is 0. The van der Waals surface area contributed by atoms with E-state index in [4.69, 9.17) is 15.5 Å². The van der Waals surface area contributed by atoms with E-state index in [0.717, 1.165) is 0 Å². The molecular formula is C8H9FNO4P. The molecule has 82 valence electrons. The SMILES string of the molecule is NC(=O)C(F)c1ccccc1OP(O)O. The highest BCUT2D eigenvalue weighted by Crippen LogP contribution is 2.35. The van der Waals surface area contributed by atoms with Gasteiger partial charge in [-0.1, -0.05) is 18.2 Å². The van der Waals surface area contributed by atoms with Crippen LogP contribution in [0.15, 0.2) is 24.3 Å². The zero-order valence-electron chi connectivity index (χ0n) is 7.50. The van der Waals surface area contributed by atoms with E-state index in [9.17, 15) is 9.18 Å². The summed E-state index contributed by atoms with van der Waals surface area (Å²) < 4.78 is 17.8. The van der Waals surface area contributed by atoms with E-state index in [0.29, 0.717) is 0 Å². The third-order valence-electron chi connectivity index (χ3n) is 1.62. The van der Waals surface area contributed by atoms with Crippen LogP contribution in [0.4, 0.5) is 4.39 Å². The van der Waals surface area contributed by atoms with Crippen LogP contribution in [0.2, 0.25) is 0 Å². The Morgan fingerprint density at radius 3 is 2.60 bits per heavy atom. The molecule has 0 aliphatic heterocycles. The number of carbonyl (C=O) groups excluding carboxylic acids is 1. The van der Waals surface area contributed by atoms with Crippen LogP contribution in [-0.2, 0) is 4.79 Å². The molecule has 0 saturated heterocycles. The average molecular weight is 233 g/mol. The van der Waals surface area contributed by atoms with Crippen molar-refractivity contribution in [3.63, 3.8) is 0 Å². The van der Waals surface area contributed by atoms with Gasteiger partial charge in [-0.2, -0.15) is 0 Å². The lowest BCUT2D eigenvalue weighted by Crippen LogP contribution is -2.18. The highest BCUT2D eigenvalue weighted by atomic mass is 31.2. The maximum atomic E-state index is 13.3. The second-order valence-electron chi connectivity index (χ2n) is 2.65. The summed E-state index contributed by atoms with van der Waals surface area (Å²) in [7, 11) is -2.66. The van der Waals surface area contributed by atoms with Crippen molar-refractivity contribution in [2.24, 2.45) is 5.73 Å². The second-order valence-corrected chi connectivity index (χ2v) is 3.33. The molecule has 0 fully saturated rings. The van der Waals surface area contributed by atoms with Gasteiger partial charge < -0.3 is 20.0 Å². The number of benzene rings is 1. The Morgan fingerprint density at radius 2 is 2.07 bits per heavy atom. The minimum Gasteiger partial charge on any atom is -0.427 e. The fourth-order valence-electron chi connectivity index (χ4n) is 1.01. The van der Waals surface area contributed by atoms with Crippen LogP contribution in [-0.4, -0.2) is 15.7 Å². The molecule has 0 saturated carbocycles. The number of primary amides is 1. The molecule has 1 rings (SSSR count). The quantitative estimate of drug-likeness (QED) is 0.669. The Bertz CT molecular complexity index is 360. The summed E-state index contributed by atoms with van der Waals surface area (Å²) in [6.45, 7) is 0. The molecule has 4 N–H and O–H groups in total. The van der Waals surface area contributed by atoms with Gasteiger partial charge in [-0.15, -0.1) is 0 Å². The molecule has 5 nitrogen and oxygen atoms in total. The van der Waals surface area contributed by atoms with Crippen molar-refractivity contribution >= 4 is 14.5 Å². The van der Waals surface area contributed by atoms with Gasteiger partial charge in [-0.3, -0.25) is 4.79 Å². The molecule has 0 heterocycles. The fraction of sp³-hybridized carbons (Fsp3) is 0.125. The molecule has 7 heteroatoms. The first-order chi connectivity index (χ1) is 7.02. The molecule has 1 atom stereocenters. The lowest BCUT2D eigenvalue weighted by Gasteiger charge is -2.11. The number of hydrogen-bond acceptors (Lipinski definition) is 4. The van der Waals surface area contributed by atoms with Crippen LogP contribution in [0.1, 0.15) is 11.7 Å². The first kappa shape index (κ1) is 11.8. The molecule has 0 bridgehead atoms. The summed E-state index contributed by atoms with van der Waals surface area (Å²) >= 11 is 0. The molecule has 1 aromatic carbocycles. The standard InChI is InChI=1S/C8H9FNO4P/c9-7(8(10)11)5-3-1-2-4-6(5)14-15(12)13/h1-4,7,12-13H,(H2,10,11). The summed E-state index contributed by atoms with van der Waals surface area (Å²) in [6, 6.07) is 5.58. The van der Waals surface area contributed by atoms with Gasteiger partial charge in [-0.05, 0) is 6.07 Å². The molecular weight excluding hydrogens is 224 g/mol. The minimum atomic E-state index is -2.66. The average Bonchev–Trinajstić information content (AvgIpc) is 2.16. The number of alkyl halides is 1. The molecule has 1 aromatic rings. The Kier molecular flexibility index (Phi) is 3.96. The molecule has 0 aromatic heterocycles. The van der Waals surface area contributed by atoms with Crippen LogP contribution >= 0.6 is 8.60 Å². The van der Waals surface area contributed by atoms with E-state index in [2.05, 4.69) is 4.52 Å². The number of amides is 1. The smallest absolute Gasteiger partial charge is 0.391 e. The van der Waals surface area contributed by atoms with Crippen LogP contribution in [0.5, 0.6) is 5.75 Å². The first-order valence-electron chi connectivity index (χ1n) is 3.90. The summed E-state index contributed by atoms with van der Waals surface area (Å²) in [4.78, 5) is 27.8. The Morgan fingerprint density at radius 1 is 1.47 bits per heavy atom. The highest BCUT2D eigenvalue weighted by Gasteiger charge is 2.21. The maximum absolute atomic E-state index is 13.3. The van der Waals surface area contributed by atoms with Gasteiger partial charge in [0.25, 0.3) is 5.91 Å². The van der Waals surface area contributed by atoms with Crippen LogP contribution in [0.25, 0.3) is 0 Å². The number of hydrogen-bond donors (Lipinski definition) is 3. The summed E-state index contributed by atoms with van der Waals surface area (Å²) in [5.41, 5.74) is 4.65. The normalized spacial score (nSPS) is 12.5. The third-order valence-corrected chi connectivity index (χ3v) is 1.98. The first-order valence-corrected chi connectivity index (χ1v) is 5.07. The Labute approximate surface area is 86.3 Å². The van der Waals surface area contributed by atoms with E-state index in [1.165, 1.54) is 24.3 Å². The third kappa shape index (κ3) is 3.13. The van der Waals surface area contributed by atoms with Gasteiger partial charge in [0.1, 0.15) is 5.75 Å². The molecule has 1 amide bonds. The fourth-order valence-corrected chi connectivity index (χ4v) is 1.36. The zero-order chi connectivity index (χ0) is 11.4. The molecule has 15 heavy (non-hydrogen) atoms. The summed E-state index contributed by atoms with van der Waals surface area (Å²) in [5.74, 6) is -1.27. The lowest BCUT2D eigenvalue weighted by atomic mass is 10.1. The van der Waals surface area contributed by atoms with E-state index in [1.54, 1.807) is 0 Å². The predicted octanol–water partition coefficient (Wildman–Crippen LogP) is 0.773. The maximum Gasteiger partial charge on any atom is 0.391 e. The topological polar surface area (TPSA) is 92.8 Å². The van der Waals surface area contributed by atoms with Gasteiger partial charge in [-0.25, -0.2) is 4.39 Å². The van der Waals surface area contributed by atoms with Crippen molar-refractivity contribution in [1.82, 2.24) is 0 Å². The number of carbonyl (C=O) groups is 1. The van der Waals surface area contributed by atoms with Gasteiger partial charge in [0.05, 0.1) is 0 Å². The van der Waals surface area contributed by atoms with Gasteiger partial charge in [0, 0.05) is 5.56 Å². The van der Waals surface area contributed by atoms with Crippen molar-refractivity contribution in [2.75, 3.05) is 0 Å². The minimum absolute atomic E-state index is 0.111.